The van der Waals surface area contributed by atoms with Gasteiger partial charge in [-0.05, 0) is 30.7 Å². The summed E-state index contributed by atoms with van der Waals surface area (Å²) in [6.07, 6.45) is 1.52. The Hall–Kier alpha value is -3.42. The Morgan fingerprint density at radius 3 is 1.77 bits per heavy atom. The molecule has 2 aromatic carbocycles. The summed E-state index contributed by atoms with van der Waals surface area (Å²) in [7, 11) is 6.00. The van der Waals surface area contributed by atoms with Gasteiger partial charge in [-0.15, -0.1) is 0 Å². The lowest BCUT2D eigenvalue weighted by molar-refractivity contribution is 0.0902. The molecule has 8 heteroatoms. The molecule has 2 rings (SSSR count). The first kappa shape index (κ1) is 23.9. The van der Waals surface area contributed by atoms with E-state index in [4.69, 9.17) is 18.9 Å². The molecule has 2 N–H and O–H groups in total. The van der Waals surface area contributed by atoms with Crippen LogP contribution < -0.4 is 29.6 Å². The second-order valence-corrected chi connectivity index (χ2v) is 6.75. The van der Waals surface area contributed by atoms with E-state index in [9.17, 15) is 9.59 Å². The molecule has 168 valence electrons. The van der Waals surface area contributed by atoms with E-state index in [1.807, 2.05) is 6.92 Å². The van der Waals surface area contributed by atoms with Crippen LogP contribution in [0.2, 0.25) is 0 Å². The summed E-state index contributed by atoms with van der Waals surface area (Å²) in [4.78, 5) is 25.6. The van der Waals surface area contributed by atoms with Crippen LogP contribution in [0.15, 0.2) is 36.4 Å². The van der Waals surface area contributed by atoms with Gasteiger partial charge in [0.25, 0.3) is 11.8 Å². The molecule has 0 radical (unpaired) electrons. The molecule has 0 bridgehead atoms. The lowest BCUT2D eigenvalue weighted by atomic mass is 10.1. The number of carbonyl (C=O) groups is 2. The van der Waals surface area contributed by atoms with Gasteiger partial charge in [-0.25, -0.2) is 0 Å². The summed E-state index contributed by atoms with van der Waals surface area (Å²) in [6, 6.07) is 9.94. The van der Waals surface area contributed by atoms with Gasteiger partial charge in [-0.2, -0.15) is 0 Å². The number of hydrogen-bond donors (Lipinski definition) is 2. The molecule has 0 aliphatic heterocycles. The van der Waals surface area contributed by atoms with Crippen LogP contribution in [0.25, 0.3) is 0 Å². The van der Waals surface area contributed by atoms with Gasteiger partial charge in [-0.3, -0.25) is 9.59 Å². The zero-order valence-corrected chi connectivity index (χ0v) is 18.6. The number of benzene rings is 2. The largest absolute Gasteiger partial charge is 0.493 e. The molecule has 2 amide bonds. The SMILES string of the molecule is CCCC(CNC(=O)c1cccc(OC)c1OC)NC(=O)c1cccc(OC)c1OC. The van der Waals surface area contributed by atoms with E-state index in [0.717, 1.165) is 6.42 Å². The van der Waals surface area contributed by atoms with Crippen molar-refractivity contribution in [1.82, 2.24) is 10.6 Å². The Kier molecular flexibility index (Phi) is 8.99. The van der Waals surface area contributed by atoms with Gasteiger partial charge in [0, 0.05) is 12.6 Å². The lowest BCUT2D eigenvalue weighted by Crippen LogP contribution is -2.43. The Morgan fingerprint density at radius 1 is 0.806 bits per heavy atom. The number of rotatable bonds is 11. The van der Waals surface area contributed by atoms with Crippen LogP contribution in [0, 0.1) is 0 Å². The highest BCUT2D eigenvalue weighted by Crippen LogP contribution is 2.31. The average Bonchev–Trinajstić information content (AvgIpc) is 2.80. The predicted octanol–water partition coefficient (Wildman–Crippen LogP) is 3.05. The predicted molar refractivity (Wildman–Crippen MR) is 118 cm³/mol. The number of amides is 2. The van der Waals surface area contributed by atoms with Crippen LogP contribution in [-0.4, -0.2) is 52.8 Å². The molecule has 0 heterocycles. The normalized spacial score (nSPS) is 11.3. The van der Waals surface area contributed by atoms with Crippen LogP contribution in [-0.2, 0) is 0 Å². The van der Waals surface area contributed by atoms with Crippen molar-refractivity contribution < 1.29 is 28.5 Å². The zero-order chi connectivity index (χ0) is 22.8. The summed E-state index contributed by atoms with van der Waals surface area (Å²) in [6.45, 7) is 2.27. The average molecular weight is 431 g/mol. The Morgan fingerprint density at radius 2 is 1.32 bits per heavy atom. The van der Waals surface area contributed by atoms with Crippen LogP contribution in [0.1, 0.15) is 40.5 Å². The maximum absolute atomic E-state index is 12.9. The highest BCUT2D eigenvalue weighted by atomic mass is 16.5. The standard InChI is InChI=1S/C23H30N2O6/c1-6-9-15(25-23(27)17-11-8-13-19(29-3)21(17)31-5)14-24-22(26)16-10-7-12-18(28-2)20(16)30-4/h7-8,10-13,15H,6,9,14H2,1-5H3,(H,24,26)(H,25,27). The van der Waals surface area contributed by atoms with Crippen LogP contribution in [0.5, 0.6) is 23.0 Å². The third kappa shape index (κ3) is 5.81. The summed E-state index contributed by atoms with van der Waals surface area (Å²) in [5, 5.41) is 5.85. The Balaban J connectivity index is 2.12. The number of ether oxygens (including phenoxy) is 4. The minimum absolute atomic E-state index is 0.255. The fourth-order valence-electron chi connectivity index (χ4n) is 3.28. The Labute approximate surface area is 182 Å². The van der Waals surface area contributed by atoms with Gasteiger partial charge in [0.15, 0.2) is 23.0 Å². The van der Waals surface area contributed by atoms with Crippen LogP contribution >= 0.6 is 0 Å². The van der Waals surface area contributed by atoms with Gasteiger partial charge in [0.05, 0.1) is 39.6 Å². The van der Waals surface area contributed by atoms with E-state index in [-0.39, 0.29) is 24.4 Å². The van der Waals surface area contributed by atoms with Crippen molar-refractivity contribution in [2.24, 2.45) is 0 Å². The van der Waals surface area contributed by atoms with Crippen molar-refractivity contribution in [3.05, 3.63) is 47.5 Å². The van der Waals surface area contributed by atoms with Crippen molar-refractivity contribution in [2.75, 3.05) is 35.0 Å². The van der Waals surface area contributed by atoms with Crippen molar-refractivity contribution in [3.63, 3.8) is 0 Å². The fraction of sp³-hybridized carbons (Fsp3) is 0.391. The number of para-hydroxylation sites is 2. The molecule has 0 spiro atoms. The minimum atomic E-state index is -0.315. The molecule has 0 aromatic heterocycles. The van der Waals surface area contributed by atoms with E-state index in [1.165, 1.54) is 28.4 Å². The first-order valence-corrected chi connectivity index (χ1v) is 10.0. The van der Waals surface area contributed by atoms with Gasteiger partial charge in [-0.1, -0.05) is 25.5 Å². The van der Waals surface area contributed by atoms with Gasteiger partial charge in [0.2, 0.25) is 0 Å². The molecule has 0 aliphatic rings. The lowest BCUT2D eigenvalue weighted by Gasteiger charge is -2.20. The third-order valence-electron chi connectivity index (χ3n) is 4.78. The summed E-state index contributed by atoms with van der Waals surface area (Å²) >= 11 is 0. The van der Waals surface area contributed by atoms with E-state index in [0.29, 0.717) is 40.5 Å². The van der Waals surface area contributed by atoms with Crippen LogP contribution in [0.4, 0.5) is 0 Å². The molecule has 0 saturated heterocycles. The third-order valence-corrected chi connectivity index (χ3v) is 4.78. The number of carbonyl (C=O) groups excluding carboxylic acids is 2. The van der Waals surface area contributed by atoms with Crippen molar-refractivity contribution >= 4 is 11.8 Å². The molecule has 0 fully saturated rings. The van der Waals surface area contributed by atoms with E-state index in [1.54, 1.807) is 36.4 Å². The molecule has 31 heavy (non-hydrogen) atoms. The Bertz CT molecular complexity index is 900. The van der Waals surface area contributed by atoms with Crippen molar-refractivity contribution in [1.29, 1.82) is 0 Å². The zero-order valence-electron chi connectivity index (χ0n) is 18.6. The molecule has 0 aliphatic carbocycles. The van der Waals surface area contributed by atoms with Crippen molar-refractivity contribution in [3.8, 4) is 23.0 Å². The summed E-state index contributed by atoms with van der Waals surface area (Å²) in [5.74, 6) is 1.05. The van der Waals surface area contributed by atoms with E-state index in [2.05, 4.69) is 10.6 Å². The molecule has 0 saturated carbocycles. The first-order chi connectivity index (χ1) is 15.0. The molecular weight excluding hydrogens is 400 g/mol. The maximum Gasteiger partial charge on any atom is 0.255 e. The molecule has 2 aromatic rings. The summed E-state index contributed by atoms with van der Waals surface area (Å²) < 4.78 is 21.2. The summed E-state index contributed by atoms with van der Waals surface area (Å²) in [5.41, 5.74) is 0.724. The van der Waals surface area contributed by atoms with Crippen molar-refractivity contribution in [2.45, 2.75) is 25.8 Å². The minimum Gasteiger partial charge on any atom is -0.493 e. The highest BCUT2D eigenvalue weighted by Gasteiger charge is 2.21. The van der Waals surface area contributed by atoms with E-state index >= 15 is 0 Å². The van der Waals surface area contributed by atoms with E-state index < -0.39 is 0 Å². The first-order valence-electron chi connectivity index (χ1n) is 10.0. The molecule has 1 atom stereocenters. The number of nitrogens with one attached hydrogen (secondary N) is 2. The number of methoxy groups -OCH3 is 4. The molecule has 8 nitrogen and oxygen atoms in total. The fourth-order valence-corrected chi connectivity index (χ4v) is 3.28. The second-order valence-electron chi connectivity index (χ2n) is 6.75. The van der Waals surface area contributed by atoms with Crippen LogP contribution in [0.3, 0.4) is 0 Å². The monoisotopic (exact) mass is 430 g/mol. The van der Waals surface area contributed by atoms with Gasteiger partial charge in [0.1, 0.15) is 0 Å². The number of hydrogen-bond acceptors (Lipinski definition) is 6. The maximum atomic E-state index is 12.9. The van der Waals surface area contributed by atoms with Gasteiger partial charge < -0.3 is 29.6 Å². The smallest absolute Gasteiger partial charge is 0.255 e. The molecular formula is C23H30N2O6. The molecule has 1 unspecified atom stereocenters. The van der Waals surface area contributed by atoms with Gasteiger partial charge >= 0.3 is 0 Å². The highest BCUT2D eigenvalue weighted by molar-refractivity contribution is 5.99. The quantitative estimate of drug-likeness (QED) is 0.569. The topological polar surface area (TPSA) is 95.1 Å². The second kappa shape index (κ2) is 11.7.